The van der Waals surface area contributed by atoms with Crippen LogP contribution in [0.2, 0.25) is 0 Å². The standard InChI is InChI=1S/C19H16N4O2S2/c1-2-25-16-7-4-3-6-12(16)15-11-27-19(20-15)21-18(24)14-10-13(22-23-14)17-8-5-9-26-17/h3-11H,2H2,1H3,(H,22,23)(H,20,21,24). The van der Waals surface area contributed by atoms with Crippen LogP contribution in [0.15, 0.2) is 53.2 Å². The number of aromatic nitrogens is 3. The minimum atomic E-state index is -0.298. The van der Waals surface area contributed by atoms with Crippen molar-refractivity contribution in [2.24, 2.45) is 0 Å². The third-order valence-electron chi connectivity index (χ3n) is 3.78. The Kier molecular flexibility index (Phi) is 4.99. The van der Waals surface area contributed by atoms with Gasteiger partial charge in [0.25, 0.3) is 5.91 Å². The maximum absolute atomic E-state index is 12.5. The lowest BCUT2D eigenvalue weighted by Crippen LogP contribution is -2.12. The van der Waals surface area contributed by atoms with Gasteiger partial charge in [0.05, 0.1) is 22.9 Å². The molecule has 0 saturated carbocycles. The van der Waals surface area contributed by atoms with Gasteiger partial charge in [0.15, 0.2) is 10.8 Å². The summed E-state index contributed by atoms with van der Waals surface area (Å²) in [6.07, 6.45) is 0. The summed E-state index contributed by atoms with van der Waals surface area (Å²) in [6.45, 7) is 2.52. The summed E-state index contributed by atoms with van der Waals surface area (Å²) in [5, 5.41) is 14.2. The first kappa shape index (κ1) is 17.4. The molecule has 27 heavy (non-hydrogen) atoms. The molecule has 6 nitrogen and oxygen atoms in total. The van der Waals surface area contributed by atoms with Crippen molar-refractivity contribution in [3.8, 4) is 27.6 Å². The third kappa shape index (κ3) is 3.76. The van der Waals surface area contributed by atoms with Crippen molar-refractivity contribution in [1.82, 2.24) is 15.2 Å². The Bertz CT molecular complexity index is 1050. The molecule has 3 aromatic heterocycles. The van der Waals surface area contributed by atoms with Crippen LogP contribution in [0.3, 0.4) is 0 Å². The molecule has 1 amide bonds. The van der Waals surface area contributed by atoms with Gasteiger partial charge in [0.2, 0.25) is 0 Å². The number of thiophene rings is 1. The number of anilines is 1. The first-order valence-corrected chi connectivity index (χ1v) is 10.1. The highest BCUT2D eigenvalue weighted by Gasteiger charge is 2.15. The zero-order valence-corrected chi connectivity index (χ0v) is 16.1. The molecule has 0 aliphatic heterocycles. The fourth-order valence-electron chi connectivity index (χ4n) is 2.57. The predicted molar refractivity (Wildman–Crippen MR) is 109 cm³/mol. The van der Waals surface area contributed by atoms with Gasteiger partial charge in [-0.25, -0.2) is 4.98 Å². The number of benzene rings is 1. The molecule has 0 bridgehead atoms. The van der Waals surface area contributed by atoms with E-state index in [2.05, 4.69) is 20.5 Å². The number of ether oxygens (including phenoxy) is 1. The van der Waals surface area contributed by atoms with E-state index < -0.39 is 0 Å². The predicted octanol–water partition coefficient (Wildman–Crippen LogP) is 4.91. The van der Waals surface area contributed by atoms with E-state index in [9.17, 15) is 4.79 Å². The highest BCUT2D eigenvalue weighted by Crippen LogP contribution is 2.32. The van der Waals surface area contributed by atoms with E-state index in [1.807, 2.05) is 54.1 Å². The van der Waals surface area contributed by atoms with Crippen LogP contribution in [0, 0.1) is 0 Å². The highest BCUT2D eigenvalue weighted by atomic mass is 32.1. The second-order valence-corrected chi connectivity index (χ2v) is 7.37. The number of nitrogens with zero attached hydrogens (tertiary/aromatic N) is 2. The van der Waals surface area contributed by atoms with Gasteiger partial charge >= 0.3 is 0 Å². The van der Waals surface area contributed by atoms with Crippen molar-refractivity contribution < 1.29 is 9.53 Å². The minimum Gasteiger partial charge on any atom is -0.493 e. The summed E-state index contributed by atoms with van der Waals surface area (Å²) in [5.41, 5.74) is 2.81. The fourth-order valence-corrected chi connectivity index (χ4v) is 3.97. The van der Waals surface area contributed by atoms with Crippen LogP contribution in [0.4, 0.5) is 5.13 Å². The number of rotatable bonds is 6. The molecule has 136 valence electrons. The van der Waals surface area contributed by atoms with Gasteiger partial charge < -0.3 is 4.74 Å². The van der Waals surface area contributed by atoms with E-state index in [1.54, 1.807) is 17.4 Å². The smallest absolute Gasteiger partial charge is 0.277 e. The quantitative estimate of drug-likeness (QED) is 0.485. The number of carbonyl (C=O) groups is 1. The Morgan fingerprint density at radius 1 is 1.22 bits per heavy atom. The highest BCUT2D eigenvalue weighted by molar-refractivity contribution is 7.14. The molecule has 4 aromatic rings. The van der Waals surface area contributed by atoms with Crippen molar-refractivity contribution in [3.63, 3.8) is 0 Å². The first-order chi connectivity index (χ1) is 13.2. The molecule has 1 aromatic carbocycles. The van der Waals surface area contributed by atoms with Gasteiger partial charge in [0, 0.05) is 10.9 Å². The van der Waals surface area contributed by atoms with E-state index in [0.717, 1.165) is 27.6 Å². The normalized spacial score (nSPS) is 10.7. The number of nitrogens with one attached hydrogen (secondary N) is 2. The van der Waals surface area contributed by atoms with Gasteiger partial charge in [-0.3, -0.25) is 15.2 Å². The topological polar surface area (TPSA) is 79.9 Å². The van der Waals surface area contributed by atoms with Gasteiger partial charge in [-0.15, -0.1) is 22.7 Å². The Balaban J connectivity index is 1.51. The van der Waals surface area contributed by atoms with Crippen LogP contribution >= 0.6 is 22.7 Å². The summed E-state index contributed by atoms with van der Waals surface area (Å²) < 4.78 is 5.65. The molecule has 0 saturated heterocycles. The zero-order valence-electron chi connectivity index (χ0n) is 14.4. The summed E-state index contributed by atoms with van der Waals surface area (Å²) in [5.74, 6) is 0.476. The molecule has 0 fully saturated rings. The van der Waals surface area contributed by atoms with Crippen LogP contribution in [0.1, 0.15) is 17.4 Å². The van der Waals surface area contributed by atoms with Crippen molar-refractivity contribution in [2.45, 2.75) is 6.92 Å². The molecule has 0 spiro atoms. The zero-order chi connectivity index (χ0) is 18.6. The van der Waals surface area contributed by atoms with Crippen molar-refractivity contribution in [1.29, 1.82) is 0 Å². The monoisotopic (exact) mass is 396 g/mol. The number of H-pyrrole nitrogens is 1. The largest absolute Gasteiger partial charge is 0.493 e. The van der Waals surface area contributed by atoms with Crippen LogP contribution < -0.4 is 10.1 Å². The number of hydrogen-bond acceptors (Lipinski definition) is 6. The third-order valence-corrected chi connectivity index (χ3v) is 5.45. The number of thiazole rings is 1. The Hall–Kier alpha value is -2.97. The lowest BCUT2D eigenvalue weighted by molar-refractivity contribution is 0.102. The Morgan fingerprint density at radius 2 is 2.11 bits per heavy atom. The SMILES string of the molecule is CCOc1ccccc1-c1csc(NC(=O)c2cc(-c3cccs3)[nH]n2)n1. The summed E-state index contributed by atoms with van der Waals surface area (Å²) in [4.78, 5) is 18.0. The lowest BCUT2D eigenvalue weighted by Gasteiger charge is -2.07. The maximum Gasteiger partial charge on any atom is 0.277 e. The van der Waals surface area contributed by atoms with Gasteiger partial charge in [-0.1, -0.05) is 18.2 Å². The molecule has 0 aliphatic rings. The van der Waals surface area contributed by atoms with E-state index in [1.165, 1.54) is 11.3 Å². The number of carbonyl (C=O) groups excluding carboxylic acids is 1. The minimum absolute atomic E-state index is 0.298. The molecule has 4 rings (SSSR count). The number of aromatic amines is 1. The molecule has 2 N–H and O–H groups in total. The summed E-state index contributed by atoms with van der Waals surface area (Å²) >= 11 is 2.95. The van der Waals surface area contributed by atoms with Crippen molar-refractivity contribution >= 4 is 33.7 Å². The number of hydrogen-bond donors (Lipinski definition) is 2. The maximum atomic E-state index is 12.5. The summed E-state index contributed by atoms with van der Waals surface area (Å²) in [7, 11) is 0. The van der Waals surface area contributed by atoms with Gasteiger partial charge in [0.1, 0.15) is 5.75 Å². The number of amides is 1. The van der Waals surface area contributed by atoms with Gasteiger partial charge in [-0.2, -0.15) is 5.10 Å². The Labute approximate surface area is 163 Å². The average Bonchev–Trinajstić information content (AvgIpc) is 3.43. The van der Waals surface area contributed by atoms with Crippen molar-refractivity contribution in [2.75, 3.05) is 11.9 Å². The second-order valence-electron chi connectivity index (χ2n) is 5.57. The number of para-hydroxylation sites is 1. The van der Waals surface area contributed by atoms with E-state index in [0.29, 0.717) is 17.4 Å². The Morgan fingerprint density at radius 3 is 2.93 bits per heavy atom. The molecule has 0 radical (unpaired) electrons. The first-order valence-electron chi connectivity index (χ1n) is 8.33. The molecular formula is C19H16N4O2S2. The molecular weight excluding hydrogens is 380 g/mol. The second kappa shape index (κ2) is 7.73. The lowest BCUT2D eigenvalue weighted by atomic mass is 10.1. The molecule has 0 aliphatic carbocycles. The summed E-state index contributed by atoms with van der Waals surface area (Å²) in [6, 6.07) is 13.4. The van der Waals surface area contributed by atoms with Crippen LogP contribution in [-0.2, 0) is 0 Å². The van der Waals surface area contributed by atoms with Gasteiger partial charge in [-0.05, 0) is 36.6 Å². The van der Waals surface area contributed by atoms with Crippen LogP contribution in [0.5, 0.6) is 5.75 Å². The van der Waals surface area contributed by atoms with Crippen molar-refractivity contribution in [3.05, 3.63) is 58.9 Å². The van der Waals surface area contributed by atoms with Crippen LogP contribution in [0.25, 0.3) is 21.8 Å². The van der Waals surface area contributed by atoms with E-state index >= 15 is 0 Å². The molecule has 0 unspecified atom stereocenters. The van der Waals surface area contributed by atoms with E-state index in [4.69, 9.17) is 4.74 Å². The average molecular weight is 396 g/mol. The fraction of sp³-hybridized carbons (Fsp3) is 0.105. The van der Waals surface area contributed by atoms with Crippen LogP contribution in [-0.4, -0.2) is 27.7 Å². The molecule has 8 heteroatoms. The van der Waals surface area contributed by atoms with E-state index in [-0.39, 0.29) is 5.91 Å². The molecule has 3 heterocycles. The molecule has 0 atom stereocenters.